The number of methoxy groups -OCH3 is 1. The van der Waals surface area contributed by atoms with Crippen molar-refractivity contribution in [2.24, 2.45) is 0 Å². The third-order valence-corrected chi connectivity index (χ3v) is 7.29. The molecule has 4 rings (SSSR count). The summed E-state index contributed by atoms with van der Waals surface area (Å²) in [5.74, 6) is -1.01. The number of rotatable bonds is 8. The highest BCUT2D eigenvalue weighted by atomic mass is 32.2. The molecule has 3 aromatic heterocycles. The molecule has 1 aliphatic carbocycles. The van der Waals surface area contributed by atoms with E-state index in [0.717, 1.165) is 12.0 Å². The number of ether oxygens (including phenoxy) is 1. The van der Waals surface area contributed by atoms with Gasteiger partial charge in [0.15, 0.2) is 11.5 Å². The van der Waals surface area contributed by atoms with Crippen molar-refractivity contribution >= 4 is 21.5 Å². The first-order valence-corrected chi connectivity index (χ1v) is 12.0. The van der Waals surface area contributed by atoms with Gasteiger partial charge in [-0.25, -0.2) is 13.0 Å². The minimum absolute atomic E-state index is 0.0183. The summed E-state index contributed by atoms with van der Waals surface area (Å²) in [5.41, 5.74) is 7.35. The van der Waals surface area contributed by atoms with E-state index in [1.54, 1.807) is 51.4 Å². The number of allylic oxidation sites excluding steroid dienone is 4. The van der Waals surface area contributed by atoms with Gasteiger partial charge in [0.25, 0.3) is 0 Å². The van der Waals surface area contributed by atoms with Gasteiger partial charge >= 0.3 is 0 Å². The van der Waals surface area contributed by atoms with Crippen molar-refractivity contribution in [3.63, 3.8) is 0 Å². The van der Waals surface area contributed by atoms with Crippen molar-refractivity contribution in [1.29, 1.82) is 0 Å². The zero-order valence-corrected chi connectivity index (χ0v) is 20.1. The molecule has 0 aromatic carbocycles. The lowest BCUT2D eigenvalue weighted by molar-refractivity contribution is 0.382. The van der Waals surface area contributed by atoms with Gasteiger partial charge in [-0.1, -0.05) is 24.5 Å². The maximum atomic E-state index is 13.4. The lowest BCUT2D eigenvalue weighted by Gasteiger charge is -2.21. The SMILES string of the molecule is COc1ncnc(O)c1-n1c(NS(=O)(=O)[C@@H](C)[C@H](C)c2cnc(C)cn2)nnc1C1=C=C=CC=C1. The highest BCUT2D eigenvalue weighted by Gasteiger charge is 2.32. The summed E-state index contributed by atoms with van der Waals surface area (Å²) in [6.45, 7) is 5.10. The first-order valence-electron chi connectivity index (χ1n) is 10.5. The average molecular weight is 495 g/mol. The summed E-state index contributed by atoms with van der Waals surface area (Å²) in [6, 6.07) is 0. The van der Waals surface area contributed by atoms with Gasteiger partial charge in [-0.2, -0.15) is 9.97 Å². The fraction of sp³-hybridized carbons (Fsp3) is 0.273. The quantitative estimate of drug-likeness (QED) is 0.444. The molecule has 2 atom stereocenters. The molecule has 12 nitrogen and oxygen atoms in total. The van der Waals surface area contributed by atoms with Crippen LogP contribution in [0, 0.1) is 6.92 Å². The standard InChI is InChI=1S/C22H22N8O4S/c1-13-10-24-17(11-23-13)14(2)15(3)35(32,33)29-22-28-27-19(16-8-6-5-7-9-16)30(22)18-20(31)25-12-26-21(18)34-4/h5-6,8,10-12,14-15H,1-4H3,(H,28,29)(H,25,26,31)/t14-,15-/m0/s1. The molecule has 0 spiro atoms. The molecule has 3 heterocycles. The molecule has 0 saturated heterocycles. The largest absolute Gasteiger partial charge is 0.492 e. The maximum absolute atomic E-state index is 13.4. The number of anilines is 1. The molecule has 0 saturated carbocycles. The number of hydrogen-bond acceptors (Lipinski definition) is 10. The number of sulfonamides is 1. The van der Waals surface area contributed by atoms with Crippen LogP contribution >= 0.6 is 0 Å². The van der Waals surface area contributed by atoms with Crippen molar-refractivity contribution < 1.29 is 18.3 Å². The van der Waals surface area contributed by atoms with Crippen LogP contribution in [0.25, 0.3) is 11.3 Å². The number of aromatic hydroxyl groups is 1. The van der Waals surface area contributed by atoms with Crippen LogP contribution in [0.15, 0.2) is 48.4 Å². The Labute approximate surface area is 201 Å². The maximum Gasteiger partial charge on any atom is 0.245 e. The Kier molecular flexibility index (Phi) is 6.48. The number of nitrogens with zero attached hydrogens (tertiary/aromatic N) is 7. The molecule has 1 aliphatic rings. The molecule has 35 heavy (non-hydrogen) atoms. The van der Waals surface area contributed by atoms with E-state index in [1.807, 2.05) is 0 Å². The minimum Gasteiger partial charge on any atom is -0.492 e. The van der Waals surface area contributed by atoms with Crippen molar-refractivity contribution in [3.05, 3.63) is 65.6 Å². The fourth-order valence-electron chi connectivity index (χ4n) is 3.29. The number of aryl methyl sites for hydroxylation is 1. The topological polar surface area (TPSA) is 158 Å². The predicted octanol–water partition coefficient (Wildman–Crippen LogP) is 2.07. The second-order valence-corrected chi connectivity index (χ2v) is 9.71. The number of nitrogens with one attached hydrogen (secondary N) is 1. The van der Waals surface area contributed by atoms with Gasteiger partial charge in [-0.15, -0.1) is 10.2 Å². The summed E-state index contributed by atoms with van der Waals surface area (Å²) < 4.78 is 35.8. The Morgan fingerprint density at radius 2 is 1.94 bits per heavy atom. The van der Waals surface area contributed by atoms with E-state index in [4.69, 9.17) is 4.74 Å². The molecule has 2 N–H and O–H groups in total. The van der Waals surface area contributed by atoms with E-state index in [9.17, 15) is 13.5 Å². The van der Waals surface area contributed by atoms with Crippen LogP contribution < -0.4 is 9.46 Å². The van der Waals surface area contributed by atoms with Gasteiger partial charge in [0.1, 0.15) is 6.33 Å². The van der Waals surface area contributed by atoms with Crippen LogP contribution in [0.2, 0.25) is 0 Å². The molecule has 13 heteroatoms. The molecule has 3 aromatic rings. The van der Waals surface area contributed by atoms with E-state index in [1.165, 1.54) is 11.7 Å². The predicted molar refractivity (Wildman–Crippen MR) is 126 cm³/mol. The second kappa shape index (κ2) is 9.51. The number of hydrogen-bond donors (Lipinski definition) is 2. The zero-order chi connectivity index (χ0) is 25.2. The van der Waals surface area contributed by atoms with Gasteiger partial charge in [0.05, 0.1) is 29.3 Å². The third-order valence-electron chi connectivity index (χ3n) is 5.43. The summed E-state index contributed by atoms with van der Waals surface area (Å²) in [5, 5.41) is 17.8. The summed E-state index contributed by atoms with van der Waals surface area (Å²) >= 11 is 0. The Bertz CT molecular complexity index is 1500. The van der Waals surface area contributed by atoms with E-state index in [2.05, 4.69) is 46.3 Å². The van der Waals surface area contributed by atoms with Crippen LogP contribution in [-0.4, -0.2) is 60.6 Å². The minimum atomic E-state index is -4.03. The van der Waals surface area contributed by atoms with E-state index >= 15 is 0 Å². The van der Waals surface area contributed by atoms with Crippen molar-refractivity contribution in [3.8, 4) is 17.4 Å². The summed E-state index contributed by atoms with van der Waals surface area (Å²) in [4.78, 5) is 16.3. The van der Waals surface area contributed by atoms with Gasteiger partial charge in [0, 0.05) is 18.3 Å². The van der Waals surface area contributed by atoms with E-state index in [0.29, 0.717) is 11.3 Å². The van der Waals surface area contributed by atoms with Crippen molar-refractivity contribution in [1.82, 2.24) is 34.7 Å². The van der Waals surface area contributed by atoms with Crippen molar-refractivity contribution in [2.75, 3.05) is 11.8 Å². The summed E-state index contributed by atoms with van der Waals surface area (Å²) in [7, 11) is -2.67. The van der Waals surface area contributed by atoms with Crippen LogP contribution in [0.5, 0.6) is 11.8 Å². The molecular weight excluding hydrogens is 472 g/mol. The van der Waals surface area contributed by atoms with Crippen LogP contribution in [0.3, 0.4) is 0 Å². The first kappa shape index (κ1) is 23.8. The molecule has 180 valence electrons. The van der Waals surface area contributed by atoms with E-state index < -0.39 is 27.1 Å². The van der Waals surface area contributed by atoms with Crippen LogP contribution in [0.4, 0.5) is 5.95 Å². The average Bonchev–Trinajstić information content (AvgIpc) is 3.26. The molecule has 0 unspecified atom stereocenters. The van der Waals surface area contributed by atoms with Gasteiger partial charge in [-0.3, -0.25) is 14.7 Å². The van der Waals surface area contributed by atoms with Gasteiger partial charge in [-0.05, 0) is 26.0 Å². The number of aromatic nitrogens is 7. The highest BCUT2D eigenvalue weighted by Crippen LogP contribution is 2.34. The van der Waals surface area contributed by atoms with Crippen molar-refractivity contribution in [2.45, 2.75) is 31.9 Å². The van der Waals surface area contributed by atoms with Gasteiger partial charge < -0.3 is 9.84 Å². The second-order valence-electron chi connectivity index (χ2n) is 7.67. The molecule has 0 bridgehead atoms. The van der Waals surface area contributed by atoms with E-state index in [-0.39, 0.29) is 23.3 Å². The molecule has 0 fully saturated rings. The smallest absolute Gasteiger partial charge is 0.245 e. The molecule has 0 aliphatic heterocycles. The third kappa shape index (κ3) is 4.69. The Morgan fingerprint density at radius 3 is 2.60 bits per heavy atom. The molecule has 0 amide bonds. The zero-order valence-electron chi connectivity index (χ0n) is 19.3. The summed E-state index contributed by atoms with van der Waals surface area (Å²) in [6.07, 6.45) is 9.29. The lowest BCUT2D eigenvalue weighted by atomic mass is 10.1. The Balaban J connectivity index is 1.80. The Morgan fingerprint density at radius 1 is 1.14 bits per heavy atom. The lowest BCUT2D eigenvalue weighted by Crippen LogP contribution is -2.31. The van der Waals surface area contributed by atoms with Crippen LogP contribution in [0.1, 0.15) is 37.0 Å². The highest BCUT2D eigenvalue weighted by molar-refractivity contribution is 7.93. The molecular formula is C22H22N8O4S. The first-order chi connectivity index (χ1) is 16.7. The van der Waals surface area contributed by atoms with Gasteiger partial charge in [0.2, 0.25) is 27.7 Å². The Hall–Kier alpha value is -4.31. The monoisotopic (exact) mass is 494 g/mol. The molecule has 0 radical (unpaired) electrons. The fourth-order valence-corrected chi connectivity index (χ4v) is 4.54. The normalized spacial score (nSPS) is 14.5. The van der Waals surface area contributed by atoms with Crippen LogP contribution in [-0.2, 0) is 10.0 Å².